The van der Waals surface area contributed by atoms with E-state index in [0.717, 1.165) is 11.1 Å². The maximum atomic E-state index is 12.2. The van der Waals surface area contributed by atoms with Crippen LogP contribution >= 0.6 is 22.9 Å². The lowest BCUT2D eigenvalue weighted by atomic mass is 10.2. The fraction of sp³-hybridized carbons (Fsp3) is 0.182. The van der Waals surface area contributed by atoms with Gasteiger partial charge in [0, 0.05) is 28.7 Å². The predicted molar refractivity (Wildman–Crippen MR) is 120 cm³/mol. The van der Waals surface area contributed by atoms with Crippen molar-refractivity contribution in [1.29, 1.82) is 0 Å². The van der Waals surface area contributed by atoms with Gasteiger partial charge in [0.1, 0.15) is 5.01 Å². The van der Waals surface area contributed by atoms with Crippen LogP contribution in [0, 0.1) is 6.92 Å². The van der Waals surface area contributed by atoms with Crippen LogP contribution in [0.4, 0.5) is 5.69 Å². The zero-order valence-electron chi connectivity index (χ0n) is 16.9. The highest BCUT2D eigenvalue weighted by atomic mass is 35.5. The Morgan fingerprint density at radius 2 is 1.90 bits per heavy atom. The second kappa shape index (κ2) is 10.2. The summed E-state index contributed by atoms with van der Waals surface area (Å²) in [5.74, 6) is -1.57. The number of anilines is 1. The van der Waals surface area contributed by atoms with Crippen molar-refractivity contribution < 1.29 is 19.1 Å². The van der Waals surface area contributed by atoms with Crippen LogP contribution in [-0.2, 0) is 14.3 Å². The minimum atomic E-state index is -0.713. The SMILES string of the molecule is Cc1ccc(NC(=O)CN(C)C(=O)COC(=O)c2csc(-c3cccc(Cl)c3)n2)cc1. The fourth-order valence-electron chi connectivity index (χ4n) is 2.57. The zero-order valence-corrected chi connectivity index (χ0v) is 18.5. The first-order valence-corrected chi connectivity index (χ1v) is 10.6. The molecule has 0 saturated carbocycles. The molecule has 0 saturated heterocycles. The van der Waals surface area contributed by atoms with Gasteiger partial charge in [0.15, 0.2) is 12.3 Å². The van der Waals surface area contributed by atoms with Gasteiger partial charge in [-0.25, -0.2) is 9.78 Å². The first kappa shape index (κ1) is 22.5. The van der Waals surface area contributed by atoms with Crippen molar-refractivity contribution in [2.24, 2.45) is 0 Å². The van der Waals surface area contributed by atoms with Crippen molar-refractivity contribution in [3.05, 3.63) is 70.2 Å². The Balaban J connectivity index is 1.49. The molecule has 160 valence electrons. The number of hydrogen-bond acceptors (Lipinski definition) is 6. The van der Waals surface area contributed by atoms with Crippen LogP contribution in [0.1, 0.15) is 16.1 Å². The number of amides is 2. The van der Waals surface area contributed by atoms with Crippen LogP contribution in [0.15, 0.2) is 53.9 Å². The second-order valence-corrected chi connectivity index (χ2v) is 8.08. The van der Waals surface area contributed by atoms with Gasteiger partial charge in [0.05, 0.1) is 6.54 Å². The van der Waals surface area contributed by atoms with E-state index in [2.05, 4.69) is 10.3 Å². The standard InChI is InChI=1S/C22H20ClN3O4S/c1-14-6-8-17(9-7-14)24-19(27)11-26(2)20(28)12-30-22(29)18-13-31-21(25-18)15-4-3-5-16(23)10-15/h3-10,13H,11-12H2,1-2H3,(H,24,27). The summed E-state index contributed by atoms with van der Waals surface area (Å²) in [5, 5.41) is 5.45. The van der Waals surface area contributed by atoms with Crippen LogP contribution in [0.5, 0.6) is 0 Å². The van der Waals surface area contributed by atoms with Crippen molar-refractivity contribution in [3.8, 4) is 10.6 Å². The molecule has 2 aromatic carbocycles. The average Bonchev–Trinajstić information content (AvgIpc) is 3.24. The molecule has 9 heteroatoms. The number of thiazole rings is 1. The summed E-state index contributed by atoms with van der Waals surface area (Å²) in [6.07, 6.45) is 0. The summed E-state index contributed by atoms with van der Waals surface area (Å²) in [7, 11) is 1.46. The molecule has 31 heavy (non-hydrogen) atoms. The van der Waals surface area contributed by atoms with E-state index in [0.29, 0.717) is 15.7 Å². The summed E-state index contributed by atoms with van der Waals surface area (Å²) in [4.78, 5) is 42.0. The zero-order chi connectivity index (χ0) is 22.4. The third kappa shape index (κ3) is 6.37. The van der Waals surface area contributed by atoms with E-state index < -0.39 is 18.5 Å². The maximum Gasteiger partial charge on any atom is 0.358 e. The van der Waals surface area contributed by atoms with Gasteiger partial charge in [0.2, 0.25) is 5.91 Å². The minimum Gasteiger partial charge on any atom is -0.451 e. The van der Waals surface area contributed by atoms with Gasteiger partial charge in [-0.15, -0.1) is 11.3 Å². The molecule has 1 aromatic heterocycles. The largest absolute Gasteiger partial charge is 0.451 e. The number of nitrogens with zero attached hydrogens (tertiary/aromatic N) is 2. The molecule has 3 rings (SSSR count). The smallest absolute Gasteiger partial charge is 0.358 e. The van der Waals surface area contributed by atoms with Gasteiger partial charge in [-0.2, -0.15) is 0 Å². The molecule has 2 amide bonds. The number of carbonyl (C=O) groups excluding carboxylic acids is 3. The predicted octanol–water partition coefficient (Wildman–Crippen LogP) is 4.03. The summed E-state index contributed by atoms with van der Waals surface area (Å²) in [6.45, 7) is 1.29. The van der Waals surface area contributed by atoms with Crippen LogP contribution < -0.4 is 5.32 Å². The van der Waals surface area contributed by atoms with E-state index >= 15 is 0 Å². The molecule has 0 radical (unpaired) electrons. The Morgan fingerprint density at radius 3 is 2.61 bits per heavy atom. The number of likely N-dealkylation sites (N-methyl/N-ethyl adjacent to an activating group) is 1. The molecular formula is C22H20ClN3O4S. The summed E-state index contributed by atoms with van der Waals surface area (Å²) >= 11 is 7.25. The molecule has 0 fully saturated rings. The highest BCUT2D eigenvalue weighted by Gasteiger charge is 2.18. The Bertz CT molecular complexity index is 1100. The van der Waals surface area contributed by atoms with Gasteiger partial charge in [-0.3, -0.25) is 9.59 Å². The number of rotatable bonds is 7. The molecule has 0 unspecified atom stereocenters. The van der Waals surface area contributed by atoms with E-state index in [1.165, 1.54) is 23.3 Å². The highest BCUT2D eigenvalue weighted by molar-refractivity contribution is 7.13. The molecular weight excluding hydrogens is 438 g/mol. The lowest BCUT2D eigenvalue weighted by Gasteiger charge is -2.16. The normalized spacial score (nSPS) is 10.4. The molecule has 0 spiro atoms. The van der Waals surface area contributed by atoms with Gasteiger partial charge < -0.3 is 15.0 Å². The lowest BCUT2D eigenvalue weighted by molar-refractivity contribution is -0.136. The summed E-state index contributed by atoms with van der Waals surface area (Å²) < 4.78 is 5.05. The number of nitrogens with one attached hydrogen (secondary N) is 1. The van der Waals surface area contributed by atoms with E-state index in [1.807, 2.05) is 25.1 Å². The Hall–Kier alpha value is -3.23. The highest BCUT2D eigenvalue weighted by Crippen LogP contribution is 2.26. The van der Waals surface area contributed by atoms with Crippen LogP contribution in [-0.4, -0.2) is 47.9 Å². The molecule has 0 aliphatic carbocycles. The lowest BCUT2D eigenvalue weighted by Crippen LogP contribution is -2.37. The summed E-state index contributed by atoms with van der Waals surface area (Å²) in [5.41, 5.74) is 2.60. The topological polar surface area (TPSA) is 88.6 Å². The number of ether oxygens (including phenoxy) is 1. The Kier molecular flexibility index (Phi) is 7.38. The van der Waals surface area contributed by atoms with Crippen LogP contribution in [0.2, 0.25) is 5.02 Å². The number of carbonyl (C=O) groups is 3. The average molecular weight is 458 g/mol. The van der Waals surface area contributed by atoms with E-state index in [1.54, 1.807) is 35.7 Å². The van der Waals surface area contributed by atoms with Gasteiger partial charge in [-0.1, -0.05) is 41.4 Å². The van der Waals surface area contributed by atoms with E-state index in [-0.39, 0.29) is 18.1 Å². The minimum absolute atomic E-state index is 0.104. The van der Waals surface area contributed by atoms with Crippen molar-refractivity contribution in [3.63, 3.8) is 0 Å². The number of esters is 1. The number of benzene rings is 2. The van der Waals surface area contributed by atoms with Crippen molar-refractivity contribution in [2.45, 2.75) is 6.92 Å². The third-order valence-electron chi connectivity index (χ3n) is 4.25. The maximum absolute atomic E-state index is 12.2. The quantitative estimate of drug-likeness (QED) is 0.541. The van der Waals surface area contributed by atoms with Crippen molar-refractivity contribution in [1.82, 2.24) is 9.88 Å². The first-order valence-electron chi connectivity index (χ1n) is 9.31. The molecule has 7 nitrogen and oxygen atoms in total. The second-order valence-electron chi connectivity index (χ2n) is 6.79. The van der Waals surface area contributed by atoms with Gasteiger partial charge in [-0.05, 0) is 31.2 Å². The summed E-state index contributed by atoms with van der Waals surface area (Å²) in [6, 6.07) is 14.4. The molecule has 0 aliphatic heterocycles. The third-order valence-corrected chi connectivity index (χ3v) is 5.38. The van der Waals surface area contributed by atoms with Crippen molar-refractivity contribution in [2.75, 3.05) is 25.5 Å². The molecule has 1 N–H and O–H groups in total. The fourth-order valence-corrected chi connectivity index (χ4v) is 3.55. The van der Waals surface area contributed by atoms with Gasteiger partial charge in [0.25, 0.3) is 5.91 Å². The molecule has 1 heterocycles. The monoisotopic (exact) mass is 457 g/mol. The van der Waals surface area contributed by atoms with E-state index in [4.69, 9.17) is 16.3 Å². The molecule has 0 bridgehead atoms. The molecule has 0 atom stereocenters. The van der Waals surface area contributed by atoms with Gasteiger partial charge >= 0.3 is 5.97 Å². The van der Waals surface area contributed by atoms with E-state index in [9.17, 15) is 14.4 Å². The van der Waals surface area contributed by atoms with Crippen LogP contribution in [0.3, 0.4) is 0 Å². The molecule has 3 aromatic rings. The van der Waals surface area contributed by atoms with Crippen LogP contribution in [0.25, 0.3) is 10.6 Å². The number of aromatic nitrogens is 1. The number of halogens is 1. The Morgan fingerprint density at radius 1 is 1.16 bits per heavy atom. The number of aryl methyl sites for hydroxylation is 1. The number of hydrogen-bond donors (Lipinski definition) is 1. The molecule has 0 aliphatic rings. The Labute approximate surface area is 188 Å². The first-order chi connectivity index (χ1) is 14.8. The van der Waals surface area contributed by atoms with Crippen molar-refractivity contribution >= 4 is 46.4 Å².